The molecule has 0 saturated carbocycles. The van der Waals surface area contributed by atoms with Crippen LogP contribution in [0.2, 0.25) is 0 Å². The minimum Gasteiger partial charge on any atom is -0.381 e. The second-order valence-electron chi connectivity index (χ2n) is 9.38. The quantitative estimate of drug-likeness (QED) is 0.425. The van der Waals surface area contributed by atoms with Crippen molar-refractivity contribution in [3.8, 4) is 0 Å². The van der Waals surface area contributed by atoms with Crippen molar-refractivity contribution in [1.82, 2.24) is 19.5 Å². The summed E-state index contributed by atoms with van der Waals surface area (Å²) in [6.07, 6.45) is 5.15. The number of hydrogen-bond donors (Lipinski definition) is 1. The van der Waals surface area contributed by atoms with Gasteiger partial charge in [0.2, 0.25) is 0 Å². The number of unbranched alkanes of at least 4 members (excludes halogenated alkanes) is 1. The van der Waals surface area contributed by atoms with Gasteiger partial charge in [-0.2, -0.15) is 0 Å². The van der Waals surface area contributed by atoms with E-state index < -0.39 is 0 Å². The van der Waals surface area contributed by atoms with Crippen LogP contribution in [0.3, 0.4) is 0 Å². The van der Waals surface area contributed by atoms with Crippen molar-refractivity contribution in [2.24, 2.45) is 0 Å². The lowest BCUT2D eigenvalue weighted by Gasteiger charge is -2.35. The third kappa shape index (κ3) is 4.79. The molecule has 3 heterocycles. The van der Waals surface area contributed by atoms with E-state index in [1.54, 1.807) is 7.11 Å². The van der Waals surface area contributed by atoms with Gasteiger partial charge < -0.3 is 15.5 Å². The predicted octanol–water partition coefficient (Wildman–Crippen LogP) is 2.15. The third-order valence-corrected chi connectivity index (χ3v) is 7.24. The number of benzene rings is 1. The van der Waals surface area contributed by atoms with Crippen molar-refractivity contribution in [3.05, 3.63) is 63.8 Å². The number of rotatable bonds is 7. The van der Waals surface area contributed by atoms with E-state index in [9.17, 15) is 4.79 Å². The lowest BCUT2D eigenvalue weighted by molar-refractivity contribution is 0.0899. The highest BCUT2D eigenvalue weighted by Crippen LogP contribution is 2.21. The summed E-state index contributed by atoms with van der Waals surface area (Å²) in [4.78, 5) is 27.2. The Morgan fingerprint density at radius 1 is 1.06 bits per heavy atom. The highest BCUT2D eigenvalue weighted by atomic mass is 16.5. The van der Waals surface area contributed by atoms with Gasteiger partial charge in [0, 0.05) is 57.1 Å². The number of hydrogen-bond acceptors (Lipinski definition) is 7. The van der Waals surface area contributed by atoms with Crippen LogP contribution < -0.4 is 16.3 Å². The van der Waals surface area contributed by atoms with Crippen molar-refractivity contribution in [2.75, 3.05) is 50.6 Å². The first-order valence-electron chi connectivity index (χ1n) is 12.4. The maximum absolute atomic E-state index is 12.7. The Hall–Kier alpha value is -2.97. The maximum Gasteiger partial charge on any atom is 0.275 e. The molecule has 0 spiro atoms. The second-order valence-corrected chi connectivity index (χ2v) is 9.38. The van der Waals surface area contributed by atoms with E-state index in [-0.39, 0.29) is 11.7 Å². The smallest absolute Gasteiger partial charge is 0.275 e. The highest BCUT2D eigenvalue weighted by Gasteiger charge is 2.24. The van der Waals surface area contributed by atoms with Gasteiger partial charge in [-0.25, -0.2) is 14.6 Å². The Kier molecular flexibility index (Phi) is 6.78. The summed E-state index contributed by atoms with van der Waals surface area (Å²) in [5, 5.41) is 1.18. The molecule has 3 aromatic rings. The molecule has 8 nitrogen and oxygen atoms in total. The van der Waals surface area contributed by atoms with Crippen LogP contribution in [0, 0.1) is 0 Å². The lowest BCUT2D eigenvalue weighted by atomic mass is 9.94. The fourth-order valence-corrected chi connectivity index (χ4v) is 5.13. The van der Waals surface area contributed by atoms with Gasteiger partial charge in [0.15, 0.2) is 0 Å². The zero-order chi connectivity index (χ0) is 23.5. The molecule has 8 heteroatoms. The predicted molar refractivity (Wildman–Crippen MR) is 135 cm³/mol. The molecule has 180 valence electrons. The van der Waals surface area contributed by atoms with Gasteiger partial charge in [-0.15, -0.1) is 0 Å². The zero-order valence-corrected chi connectivity index (χ0v) is 19.9. The molecule has 0 amide bonds. The number of fused-ring (bicyclic) bond motifs is 2. The number of methoxy groups -OCH3 is 1. The number of aromatic nitrogens is 3. The molecule has 2 aliphatic rings. The normalized spacial score (nSPS) is 18.9. The minimum atomic E-state index is -0.111. The molecule has 1 aliphatic heterocycles. The van der Waals surface area contributed by atoms with Crippen molar-refractivity contribution in [1.29, 1.82) is 0 Å². The van der Waals surface area contributed by atoms with E-state index in [4.69, 9.17) is 20.5 Å². The summed E-state index contributed by atoms with van der Waals surface area (Å²) in [5.41, 5.74) is 2.58. The maximum atomic E-state index is 12.7. The summed E-state index contributed by atoms with van der Waals surface area (Å²) < 4.78 is 6.69. The Labute approximate surface area is 200 Å². The van der Waals surface area contributed by atoms with Gasteiger partial charge in [0.1, 0.15) is 11.6 Å². The van der Waals surface area contributed by atoms with Crippen LogP contribution in [-0.2, 0) is 24.0 Å². The Morgan fingerprint density at radius 3 is 2.71 bits per heavy atom. The first kappa shape index (κ1) is 22.8. The van der Waals surface area contributed by atoms with Gasteiger partial charge in [0.25, 0.3) is 5.56 Å². The summed E-state index contributed by atoms with van der Waals surface area (Å²) >= 11 is 0. The monoisotopic (exact) mass is 462 g/mol. The number of ether oxygens (including phenoxy) is 1. The molecule has 0 bridgehead atoms. The van der Waals surface area contributed by atoms with Crippen LogP contribution in [0.1, 0.15) is 36.3 Å². The molecule has 1 atom stereocenters. The number of nitrogen functional groups attached to an aromatic ring is 1. The van der Waals surface area contributed by atoms with Gasteiger partial charge in [-0.1, -0.05) is 18.2 Å². The number of nitrogens with two attached hydrogens (primary N) is 1. The van der Waals surface area contributed by atoms with E-state index in [0.29, 0.717) is 12.2 Å². The largest absolute Gasteiger partial charge is 0.381 e. The molecule has 1 aromatic carbocycles. The van der Waals surface area contributed by atoms with Gasteiger partial charge in [0.05, 0.1) is 17.3 Å². The third-order valence-electron chi connectivity index (χ3n) is 7.24. The molecule has 1 aliphatic carbocycles. The Morgan fingerprint density at radius 2 is 1.88 bits per heavy atom. The summed E-state index contributed by atoms with van der Waals surface area (Å²) in [6.45, 7) is 5.10. The summed E-state index contributed by atoms with van der Waals surface area (Å²) in [6, 6.07) is 12.6. The van der Waals surface area contributed by atoms with Crippen LogP contribution in [0.5, 0.6) is 0 Å². The SMILES string of the molecule is COC1CCc2nc(CCCCN3CCN(c4ccc5ccccc5n4)CC3)n(N)c(=O)c2C1. The van der Waals surface area contributed by atoms with Gasteiger partial charge in [-0.05, 0) is 50.4 Å². The zero-order valence-electron chi connectivity index (χ0n) is 19.9. The summed E-state index contributed by atoms with van der Waals surface area (Å²) in [7, 11) is 1.69. The topological polar surface area (TPSA) is 89.5 Å². The Balaban J connectivity index is 1.10. The van der Waals surface area contributed by atoms with Crippen molar-refractivity contribution >= 4 is 16.7 Å². The highest BCUT2D eigenvalue weighted by molar-refractivity contribution is 5.80. The molecular formula is C26H34N6O2. The fraction of sp³-hybridized carbons (Fsp3) is 0.500. The standard InChI is InChI=1S/C26H34N6O2/c1-34-20-10-11-23-21(18-20)26(33)32(27)25(29-23)8-4-5-13-30-14-16-31(17-15-30)24-12-9-19-6-2-3-7-22(19)28-24/h2-3,6-7,9,12,20H,4-5,8,10-11,13-18,27H2,1H3. The molecule has 34 heavy (non-hydrogen) atoms. The molecule has 2 aromatic heterocycles. The van der Waals surface area contributed by atoms with Crippen LogP contribution in [0.25, 0.3) is 10.9 Å². The van der Waals surface area contributed by atoms with E-state index in [2.05, 4.69) is 34.1 Å². The van der Waals surface area contributed by atoms with Crippen molar-refractivity contribution in [2.45, 2.75) is 44.6 Å². The van der Waals surface area contributed by atoms with E-state index in [1.165, 1.54) is 10.1 Å². The second kappa shape index (κ2) is 10.1. The number of piperazine rings is 1. The van der Waals surface area contributed by atoms with Gasteiger partial charge >= 0.3 is 0 Å². The fourth-order valence-electron chi connectivity index (χ4n) is 5.13. The molecule has 2 N–H and O–H groups in total. The number of pyridine rings is 1. The molecule has 5 rings (SSSR count). The first-order chi connectivity index (χ1) is 16.6. The summed E-state index contributed by atoms with van der Waals surface area (Å²) in [5.74, 6) is 7.87. The number of anilines is 1. The van der Waals surface area contributed by atoms with Crippen LogP contribution in [0.15, 0.2) is 41.2 Å². The number of aryl methyl sites for hydroxylation is 2. The Bertz CT molecular complexity index is 1200. The van der Waals surface area contributed by atoms with E-state index in [1.807, 2.05) is 12.1 Å². The van der Waals surface area contributed by atoms with Crippen LogP contribution in [0.4, 0.5) is 5.82 Å². The minimum absolute atomic E-state index is 0.0883. The van der Waals surface area contributed by atoms with E-state index >= 15 is 0 Å². The molecule has 1 unspecified atom stereocenters. The molecule has 0 radical (unpaired) electrons. The number of para-hydroxylation sites is 1. The van der Waals surface area contributed by atoms with Gasteiger partial charge in [-0.3, -0.25) is 9.69 Å². The molecule has 1 saturated heterocycles. The first-order valence-corrected chi connectivity index (χ1v) is 12.4. The molecular weight excluding hydrogens is 428 g/mol. The molecule has 1 fully saturated rings. The average Bonchev–Trinajstić information content (AvgIpc) is 2.89. The van der Waals surface area contributed by atoms with Crippen LogP contribution >= 0.6 is 0 Å². The van der Waals surface area contributed by atoms with Crippen molar-refractivity contribution < 1.29 is 4.74 Å². The van der Waals surface area contributed by atoms with Crippen molar-refractivity contribution in [3.63, 3.8) is 0 Å². The van der Waals surface area contributed by atoms with E-state index in [0.717, 1.165) is 87.4 Å². The number of nitrogens with zero attached hydrogens (tertiary/aromatic N) is 5. The lowest BCUT2D eigenvalue weighted by Crippen LogP contribution is -2.46. The average molecular weight is 463 g/mol. The van der Waals surface area contributed by atoms with Crippen LogP contribution in [-0.4, -0.2) is 65.5 Å².